The van der Waals surface area contributed by atoms with Crippen LogP contribution in [0, 0.1) is 0 Å². The highest BCUT2D eigenvalue weighted by molar-refractivity contribution is 5.94. The number of piperazine rings is 1. The highest BCUT2D eigenvalue weighted by Gasteiger charge is 2.29. The Morgan fingerprint density at radius 1 is 0.774 bits per heavy atom. The second-order valence-electron chi connectivity index (χ2n) is 7.91. The summed E-state index contributed by atoms with van der Waals surface area (Å²) >= 11 is 0. The van der Waals surface area contributed by atoms with E-state index in [0.717, 1.165) is 53.8 Å². The first-order valence-electron chi connectivity index (χ1n) is 10.5. The quantitative estimate of drug-likeness (QED) is 0.650. The zero-order valence-corrected chi connectivity index (χ0v) is 18.6. The molecule has 6 heteroatoms. The fourth-order valence-corrected chi connectivity index (χ4v) is 4.42. The van der Waals surface area contributed by atoms with Gasteiger partial charge in [0.2, 0.25) is 0 Å². The van der Waals surface area contributed by atoms with E-state index in [0.29, 0.717) is 11.5 Å². The van der Waals surface area contributed by atoms with Crippen LogP contribution in [0.5, 0.6) is 23.0 Å². The van der Waals surface area contributed by atoms with Crippen LogP contribution in [-0.4, -0.2) is 69.5 Å². The SMILES string of the molecule is COc1ccc([C@@H](c2ccc3c(OC)cccc3c2O)N2CCN(C)CC2)cc1OC. The van der Waals surface area contributed by atoms with Crippen molar-refractivity contribution in [3.05, 3.63) is 59.7 Å². The van der Waals surface area contributed by atoms with Gasteiger partial charge in [0.25, 0.3) is 0 Å². The molecule has 0 aromatic heterocycles. The molecule has 1 heterocycles. The fraction of sp³-hybridized carbons (Fsp3) is 0.360. The summed E-state index contributed by atoms with van der Waals surface area (Å²) in [6, 6.07) is 15.7. The zero-order chi connectivity index (χ0) is 22.0. The van der Waals surface area contributed by atoms with Crippen LogP contribution in [0.3, 0.4) is 0 Å². The summed E-state index contributed by atoms with van der Waals surface area (Å²) in [4.78, 5) is 4.75. The van der Waals surface area contributed by atoms with Crippen molar-refractivity contribution in [3.63, 3.8) is 0 Å². The lowest BCUT2D eigenvalue weighted by Crippen LogP contribution is -2.46. The first-order valence-corrected chi connectivity index (χ1v) is 10.5. The van der Waals surface area contributed by atoms with Crippen molar-refractivity contribution in [1.82, 2.24) is 9.80 Å². The zero-order valence-electron chi connectivity index (χ0n) is 18.6. The summed E-state index contributed by atoms with van der Waals surface area (Å²) in [7, 11) is 7.07. The summed E-state index contributed by atoms with van der Waals surface area (Å²) in [5.74, 6) is 2.41. The Bertz CT molecular complexity index is 1060. The number of hydrogen-bond donors (Lipinski definition) is 1. The Kier molecular flexibility index (Phi) is 6.20. The third-order valence-corrected chi connectivity index (χ3v) is 6.17. The molecule has 0 bridgehead atoms. The van der Waals surface area contributed by atoms with E-state index in [1.807, 2.05) is 42.5 Å². The van der Waals surface area contributed by atoms with Crippen LogP contribution < -0.4 is 14.2 Å². The molecule has 3 aromatic rings. The van der Waals surface area contributed by atoms with Crippen LogP contribution in [0.2, 0.25) is 0 Å². The Labute approximate surface area is 183 Å². The van der Waals surface area contributed by atoms with Gasteiger partial charge in [-0.2, -0.15) is 0 Å². The molecule has 1 N–H and O–H groups in total. The molecule has 0 unspecified atom stereocenters. The summed E-state index contributed by atoms with van der Waals surface area (Å²) in [6.07, 6.45) is 0. The molecule has 0 spiro atoms. The van der Waals surface area contributed by atoms with Crippen molar-refractivity contribution in [3.8, 4) is 23.0 Å². The number of nitrogens with zero attached hydrogens (tertiary/aromatic N) is 2. The molecule has 164 valence electrons. The first kappa shape index (κ1) is 21.3. The third kappa shape index (κ3) is 4.01. The smallest absolute Gasteiger partial charge is 0.161 e. The van der Waals surface area contributed by atoms with E-state index in [9.17, 15) is 5.11 Å². The van der Waals surface area contributed by atoms with Gasteiger partial charge in [-0.1, -0.05) is 30.3 Å². The predicted molar refractivity (Wildman–Crippen MR) is 123 cm³/mol. The summed E-state index contributed by atoms with van der Waals surface area (Å²) < 4.78 is 16.5. The van der Waals surface area contributed by atoms with E-state index >= 15 is 0 Å². The minimum absolute atomic E-state index is 0.107. The number of hydrogen-bond acceptors (Lipinski definition) is 6. The van der Waals surface area contributed by atoms with E-state index in [4.69, 9.17) is 14.2 Å². The van der Waals surface area contributed by atoms with E-state index < -0.39 is 0 Å². The number of aromatic hydroxyl groups is 1. The topological polar surface area (TPSA) is 54.4 Å². The number of fused-ring (bicyclic) bond motifs is 1. The molecule has 1 saturated heterocycles. The number of ether oxygens (including phenoxy) is 3. The molecular formula is C25H30N2O4. The van der Waals surface area contributed by atoms with Crippen molar-refractivity contribution >= 4 is 10.8 Å². The lowest BCUT2D eigenvalue weighted by Gasteiger charge is -2.39. The van der Waals surface area contributed by atoms with Crippen molar-refractivity contribution in [2.24, 2.45) is 0 Å². The second kappa shape index (κ2) is 9.04. The Morgan fingerprint density at radius 2 is 1.48 bits per heavy atom. The minimum atomic E-state index is -0.107. The van der Waals surface area contributed by atoms with Gasteiger partial charge in [0.15, 0.2) is 11.5 Å². The molecule has 0 radical (unpaired) electrons. The van der Waals surface area contributed by atoms with Crippen LogP contribution in [0.25, 0.3) is 10.8 Å². The molecule has 1 fully saturated rings. The van der Waals surface area contributed by atoms with E-state index in [1.165, 1.54) is 0 Å². The average Bonchev–Trinajstić information content (AvgIpc) is 2.81. The number of rotatable bonds is 6. The lowest BCUT2D eigenvalue weighted by atomic mass is 9.92. The molecular weight excluding hydrogens is 392 g/mol. The van der Waals surface area contributed by atoms with Crippen molar-refractivity contribution < 1.29 is 19.3 Å². The normalized spacial score (nSPS) is 16.3. The molecule has 4 rings (SSSR count). The van der Waals surface area contributed by atoms with Crippen LogP contribution in [0.4, 0.5) is 0 Å². The summed E-state index contributed by atoms with van der Waals surface area (Å²) in [6.45, 7) is 3.77. The monoisotopic (exact) mass is 422 g/mol. The maximum absolute atomic E-state index is 11.4. The highest BCUT2D eigenvalue weighted by Crippen LogP contribution is 2.42. The molecule has 3 aromatic carbocycles. The molecule has 1 aliphatic heterocycles. The van der Waals surface area contributed by atoms with Gasteiger partial charge < -0.3 is 24.2 Å². The maximum Gasteiger partial charge on any atom is 0.161 e. The van der Waals surface area contributed by atoms with Crippen molar-refractivity contribution in [2.75, 3.05) is 54.6 Å². The number of benzene rings is 3. The van der Waals surface area contributed by atoms with Crippen molar-refractivity contribution in [2.45, 2.75) is 6.04 Å². The minimum Gasteiger partial charge on any atom is -0.507 e. The molecule has 6 nitrogen and oxygen atoms in total. The van der Waals surface area contributed by atoms with Crippen LogP contribution >= 0.6 is 0 Å². The van der Waals surface area contributed by atoms with Gasteiger partial charge in [0.1, 0.15) is 11.5 Å². The summed E-state index contributed by atoms with van der Waals surface area (Å²) in [5.41, 5.74) is 1.93. The number of phenolic OH excluding ortho intramolecular Hbond substituents is 1. The Balaban J connectivity index is 1.86. The van der Waals surface area contributed by atoms with Crippen LogP contribution in [0.15, 0.2) is 48.5 Å². The highest BCUT2D eigenvalue weighted by atomic mass is 16.5. The third-order valence-electron chi connectivity index (χ3n) is 6.17. The van der Waals surface area contributed by atoms with Gasteiger partial charge in [-0.25, -0.2) is 0 Å². The van der Waals surface area contributed by atoms with Crippen LogP contribution in [-0.2, 0) is 0 Å². The lowest BCUT2D eigenvalue weighted by molar-refractivity contribution is 0.126. The van der Waals surface area contributed by atoms with E-state index in [-0.39, 0.29) is 11.8 Å². The van der Waals surface area contributed by atoms with Gasteiger partial charge in [0, 0.05) is 42.5 Å². The summed E-state index contributed by atoms with van der Waals surface area (Å²) in [5, 5.41) is 13.0. The van der Waals surface area contributed by atoms with Gasteiger partial charge in [-0.15, -0.1) is 0 Å². The Hall–Kier alpha value is -2.96. The van der Waals surface area contributed by atoms with Crippen LogP contribution in [0.1, 0.15) is 17.2 Å². The molecule has 0 amide bonds. The standard InChI is InChI=1S/C25H30N2O4/c1-26-12-14-27(15-13-26)24(17-8-11-22(30-3)23(16-17)31-4)20-10-9-18-19(25(20)28)6-5-7-21(18)29-2/h5-11,16,24,28H,12-15H2,1-4H3/t24-/m0/s1. The molecule has 0 saturated carbocycles. The number of phenols is 1. The van der Waals surface area contributed by atoms with Gasteiger partial charge in [0.05, 0.1) is 27.4 Å². The number of likely N-dealkylation sites (N-methyl/N-ethyl adjacent to an activating group) is 1. The maximum atomic E-state index is 11.4. The second-order valence-corrected chi connectivity index (χ2v) is 7.91. The average molecular weight is 423 g/mol. The van der Waals surface area contributed by atoms with E-state index in [2.05, 4.69) is 22.9 Å². The molecule has 1 aliphatic rings. The van der Waals surface area contributed by atoms with E-state index in [1.54, 1.807) is 21.3 Å². The van der Waals surface area contributed by atoms with Crippen molar-refractivity contribution in [1.29, 1.82) is 0 Å². The van der Waals surface area contributed by atoms with Gasteiger partial charge in [-0.3, -0.25) is 4.90 Å². The first-order chi connectivity index (χ1) is 15.1. The predicted octanol–water partition coefficient (Wildman–Crippen LogP) is 3.91. The Morgan fingerprint density at radius 3 is 2.16 bits per heavy atom. The fourth-order valence-electron chi connectivity index (χ4n) is 4.42. The largest absolute Gasteiger partial charge is 0.507 e. The van der Waals surface area contributed by atoms with Gasteiger partial charge >= 0.3 is 0 Å². The van der Waals surface area contributed by atoms with Gasteiger partial charge in [-0.05, 0) is 30.8 Å². The number of methoxy groups -OCH3 is 3. The molecule has 31 heavy (non-hydrogen) atoms. The molecule has 0 aliphatic carbocycles. The molecule has 1 atom stereocenters.